The average Bonchev–Trinajstić information content (AvgIpc) is 2.37. The minimum atomic E-state index is 0.674. The van der Waals surface area contributed by atoms with E-state index in [1.54, 1.807) is 14.2 Å². The minimum absolute atomic E-state index is 0.674. The van der Waals surface area contributed by atoms with E-state index >= 15 is 0 Å². The number of rotatable bonds is 7. The number of hydrogen-bond donors (Lipinski definition) is 1. The first kappa shape index (κ1) is 14.2. The highest BCUT2D eigenvalue weighted by Crippen LogP contribution is 2.28. The Morgan fingerprint density at radius 3 is 2.47 bits per heavy atom. The third-order valence-electron chi connectivity index (χ3n) is 3.62. The quantitative estimate of drug-likeness (QED) is 0.815. The molecule has 1 aliphatic rings. The third-order valence-corrected chi connectivity index (χ3v) is 3.62. The van der Waals surface area contributed by atoms with E-state index in [-0.39, 0.29) is 0 Å². The van der Waals surface area contributed by atoms with Crippen LogP contribution in [0.4, 0.5) is 0 Å². The van der Waals surface area contributed by atoms with E-state index in [1.165, 1.54) is 12.0 Å². The van der Waals surface area contributed by atoms with Gasteiger partial charge in [-0.15, -0.1) is 0 Å². The summed E-state index contributed by atoms with van der Waals surface area (Å²) in [6.07, 6.45) is 1.18. The van der Waals surface area contributed by atoms with E-state index < -0.39 is 0 Å². The zero-order valence-electron chi connectivity index (χ0n) is 12.1. The van der Waals surface area contributed by atoms with Gasteiger partial charge in [-0.2, -0.15) is 0 Å². The standard InChI is InChI=1S/C15H24N2O2/c1-4-7-17(13-9-16-10-13)11-12-5-6-14(18-2)15(8-12)19-3/h5-6,8,13,16H,4,7,9-11H2,1-3H3. The van der Waals surface area contributed by atoms with Gasteiger partial charge in [0.2, 0.25) is 0 Å². The molecule has 1 aromatic rings. The number of benzene rings is 1. The molecule has 0 unspecified atom stereocenters. The fraction of sp³-hybridized carbons (Fsp3) is 0.600. The highest BCUT2D eigenvalue weighted by Gasteiger charge is 2.24. The molecule has 1 aliphatic heterocycles. The van der Waals surface area contributed by atoms with Crippen LogP contribution in [0.3, 0.4) is 0 Å². The van der Waals surface area contributed by atoms with E-state index in [4.69, 9.17) is 9.47 Å². The third kappa shape index (κ3) is 3.39. The summed E-state index contributed by atoms with van der Waals surface area (Å²) in [6.45, 7) is 6.55. The van der Waals surface area contributed by atoms with Crippen LogP contribution >= 0.6 is 0 Å². The molecule has 19 heavy (non-hydrogen) atoms. The van der Waals surface area contributed by atoms with Crippen molar-refractivity contribution >= 4 is 0 Å². The Bertz CT molecular complexity index is 405. The molecule has 1 N–H and O–H groups in total. The van der Waals surface area contributed by atoms with Crippen molar-refractivity contribution in [3.8, 4) is 11.5 Å². The van der Waals surface area contributed by atoms with Gasteiger partial charge in [-0.05, 0) is 30.7 Å². The van der Waals surface area contributed by atoms with Gasteiger partial charge in [-0.1, -0.05) is 13.0 Å². The Hall–Kier alpha value is -1.26. The van der Waals surface area contributed by atoms with E-state index in [2.05, 4.69) is 29.3 Å². The highest BCUT2D eigenvalue weighted by atomic mass is 16.5. The lowest BCUT2D eigenvalue weighted by molar-refractivity contribution is 0.137. The molecule has 1 fully saturated rings. The van der Waals surface area contributed by atoms with Crippen molar-refractivity contribution in [2.45, 2.75) is 25.9 Å². The van der Waals surface area contributed by atoms with Gasteiger partial charge in [0.1, 0.15) is 0 Å². The van der Waals surface area contributed by atoms with Gasteiger partial charge in [-0.3, -0.25) is 4.90 Å². The van der Waals surface area contributed by atoms with Crippen molar-refractivity contribution in [2.24, 2.45) is 0 Å². The van der Waals surface area contributed by atoms with Crippen molar-refractivity contribution in [3.63, 3.8) is 0 Å². The van der Waals surface area contributed by atoms with Crippen LogP contribution in [0.2, 0.25) is 0 Å². The zero-order chi connectivity index (χ0) is 13.7. The summed E-state index contributed by atoms with van der Waals surface area (Å²) in [5, 5.41) is 3.34. The molecule has 0 spiro atoms. The number of nitrogens with one attached hydrogen (secondary N) is 1. The topological polar surface area (TPSA) is 33.7 Å². The monoisotopic (exact) mass is 264 g/mol. The van der Waals surface area contributed by atoms with Gasteiger partial charge in [0.15, 0.2) is 11.5 Å². The van der Waals surface area contributed by atoms with Crippen LogP contribution in [0.25, 0.3) is 0 Å². The second kappa shape index (κ2) is 6.78. The molecule has 1 saturated heterocycles. The van der Waals surface area contributed by atoms with Crippen LogP contribution in [0.5, 0.6) is 11.5 Å². The Balaban J connectivity index is 2.07. The molecule has 0 saturated carbocycles. The van der Waals surface area contributed by atoms with Crippen molar-refractivity contribution in [3.05, 3.63) is 23.8 Å². The normalized spacial score (nSPS) is 15.4. The zero-order valence-corrected chi connectivity index (χ0v) is 12.1. The molecular weight excluding hydrogens is 240 g/mol. The van der Waals surface area contributed by atoms with Gasteiger partial charge >= 0.3 is 0 Å². The van der Waals surface area contributed by atoms with Gasteiger partial charge in [-0.25, -0.2) is 0 Å². The van der Waals surface area contributed by atoms with E-state index in [0.717, 1.165) is 37.7 Å². The lowest BCUT2D eigenvalue weighted by Crippen LogP contribution is -2.56. The van der Waals surface area contributed by atoms with Crippen LogP contribution in [-0.4, -0.2) is 44.8 Å². The van der Waals surface area contributed by atoms with Crippen molar-refractivity contribution in [1.29, 1.82) is 0 Å². The van der Waals surface area contributed by atoms with Gasteiger partial charge < -0.3 is 14.8 Å². The SMILES string of the molecule is CCCN(Cc1ccc(OC)c(OC)c1)C1CNC1. The molecule has 4 nitrogen and oxygen atoms in total. The fourth-order valence-corrected chi connectivity index (χ4v) is 2.42. The maximum atomic E-state index is 5.36. The molecule has 0 bridgehead atoms. The molecule has 2 rings (SSSR count). The molecule has 0 radical (unpaired) electrons. The second-order valence-electron chi connectivity index (χ2n) is 4.97. The largest absolute Gasteiger partial charge is 0.493 e. The predicted octanol–water partition coefficient (Wildman–Crippen LogP) is 1.89. The highest BCUT2D eigenvalue weighted by molar-refractivity contribution is 5.42. The summed E-state index contributed by atoms with van der Waals surface area (Å²) in [7, 11) is 3.35. The van der Waals surface area contributed by atoms with Crippen LogP contribution in [0.1, 0.15) is 18.9 Å². The summed E-state index contributed by atoms with van der Waals surface area (Å²) < 4.78 is 10.6. The lowest BCUT2D eigenvalue weighted by Gasteiger charge is -2.38. The van der Waals surface area contributed by atoms with Crippen LogP contribution in [0.15, 0.2) is 18.2 Å². The van der Waals surface area contributed by atoms with Crippen LogP contribution in [-0.2, 0) is 6.54 Å². The second-order valence-corrected chi connectivity index (χ2v) is 4.97. The first-order valence-electron chi connectivity index (χ1n) is 6.94. The van der Waals surface area contributed by atoms with Gasteiger partial charge in [0.25, 0.3) is 0 Å². The summed E-state index contributed by atoms with van der Waals surface area (Å²) in [5.41, 5.74) is 1.28. The van der Waals surface area contributed by atoms with E-state index in [9.17, 15) is 0 Å². The van der Waals surface area contributed by atoms with Crippen LogP contribution < -0.4 is 14.8 Å². The molecule has 0 atom stereocenters. The van der Waals surface area contributed by atoms with E-state index in [1.807, 2.05) is 6.07 Å². The number of hydrogen-bond acceptors (Lipinski definition) is 4. The maximum absolute atomic E-state index is 5.36. The molecule has 1 heterocycles. The summed E-state index contributed by atoms with van der Waals surface area (Å²) >= 11 is 0. The summed E-state index contributed by atoms with van der Waals surface area (Å²) in [4.78, 5) is 2.54. The predicted molar refractivity (Wildman–Crippen MR) is 76.9 cm³/mol. The van der Waals surface area contributed by atoms with E-state index in [0.29, 0.717) is 6.04 Å². The molecule has 4 heteroatoms. The molecule has 0 aromatic heterocycles. The molecule has 0 aliphatic carbocycles. The Morgan fingerprint density at radius 2 is 1.95 bits per heavy atom. The van der Waals surface area contributed by atoms with Gasteiger partial charge in [0.05, 0.1) is 14.2 Å². The fourth-order valence-electron chi connectivity index (χ4n) is 2.42. The Morgan fingerprint density at radius 1 is 1.21 bits per heavy atom. The average molecular weight is 264 g/mol. The van der Waals surface area contributed by atoms with Crippen LogP contribution in [0, 0.1) is 0 Å². The number of nitrogens with zero attached hydrogens (tertiary/aromatic N) is 1. The Kier molecular flexibility index (Phi) is 5.05. The smallest absolute Gasteiger partial charge is 0.161 e. The van der Waals surface area contributed by atoms with Gasteiger partial charge in [0, 0.05) is 25.7 Å². The Labute approximate surface area is 115 Å². The van der Waals surface area contributed by atoms with Crippen molar-refractivity contribution in [1.82, 2.24) is 10.2 Å². The molecular formula is C15H24N2O2. The molecule has 106 valence electrons. The first-order valence-corrected chi connectivity index (χ1v) is 6.94. The number of methoxy groups -OCH3 is 2. The molecule has 1 aromatic carbocycles. The maximum Gasteiger partial charge on any atom is 0.161 e. The minimum Gasteiger partial charge on any atom is -0.493 e. The summed E-state index contributed by atoms with van der Waals surface area (Å²) in [6, 6.07) is 6.86. The first-order chi connectivity index (χ1) is 9.28. The molecule has 0 amide bonds. The van der Waals surface area contributed by atoms with Crippen molar-refractivity contribution in [2.75, 3.05) is 33.9 Å². The van der Waals surface area contributed by atoms with Crippen molar-refractivity contribution < 1.29 is 9.47 Å². The summed E-state index contributed by atoms with van der Waals surface area (Å²) in [5.74, 6) is 1.60. The number of ether oxygens (including phenoxy) is 2. The lowest BCUT2D eigenvalue weighted by atomic mass is 10.1.